The largest absolute Gasteiger partial charge is 0.467 e. The van der Waals surface area contributed by atoms with Crippen molar-refractivity contribution in [3.63, 3.8) is 0 Å². The van der Waals surface area contributed by atoms with Crippen LogP contribution in [0.25, 0.3) is 0 Å². The number of carbonyl (C=O) groups excluding carboxylic acids is 1. The highest BCUT2D eigenvalue weighted by atomic mass is 16.5. The first-order valence-corrected chi connectivity index (χ1v) is 5.22. The molecule has 0 aromatic heterocycles. The predicted octanol–water partition coefficient (Wildman–Crippen LogP) is 2.12. The van der Waals surface area contributed by atoms with Crippen LogP contribution in [0, 0.1) is 10.8 Å². The number of hydrogen-bond donors (Lipinski definition) is 1. The standard InChI is InChI=1S/C12H23NO2/c1-10(13)12(5,8-15-9-14)7-6-11(2,3)4/h6-7,9-10H,8,13H2,1-5H3/b7-6+/t10-,12?/m0/s1. The molecule has 0 aliphatic heterocycles. The van der Waals surface area contributed by atoms with Crippen molar-refractivity contribution in [1.82, 2.24) is 0 Å². The van der Waals surface area contributed by atoms with Gasteiger partial charge in [-0.15, -0.1) is 0 Å². The first kappa shape index (κ1) is 14.2. The summed E-state index contributed by atoms with van der Waals surface area (Å²) in [5, 5.41) is 0. The Kier molecular flexibility index (Phi) is 5.01. The maximum Gasteiger partial charge on any atom is 0.293 e. The van der Waals surface area contributed by atoms with Crippen molar-refractivity contribution >= 4 is 6.47 Å². The quantitative estimate of drug-likeness (QED) is 0.562. The second-order valence-corrected chi connectivity index (χ2v) is 5.40. The van der Waals surface area contributed by atoms with Gasteiger partial charge in [0.05, 0.1) is 0 Å². The van der Waals surface area contributed by atoms with E-state index in [2.05, 4.69) is 26.8 Å². The second-order valence-electron chi connectivity index (χ2n) is 5.40. The van der Waals surface area contributed by atoms with Crippen molar-refractivity contribution in [3.05, 3.63) is 12.2 Å². The molecule has 1 unspecified atom stereocenters. The number of rotatable bonds is 5. The maximum absolute atomic E-state index is 10.2. The fourth-order valence-electron chi connectivity index (χ4n) is 0.985. The summed E-state index contributed by atoms with van der Waals surface area (Å²) < 4.78 is 4.81. The minimum atomic E-state index is -0.297. The van der Waals surface area contributed by atoms with Gasteiger partial charge in [-0.05, 0) is 12.3 Å². The van der Waals surface area contributed by atoms with Gasteiger partial charge in [-0.2, -0.15) is 0 Å². The summed E-state index contributed by atoms with van der Waals surface area (Å²) in [5.41, 5.74) is 5.70. The number of hydrogen-bond acceptors (Lipinski definition) is 3. The molecular formula is C12H23NO2. The average Bonchev–Trinajstić information content (AvgIpc) is 2.10. The Morgan fingerprint density at radius 3 is 2.13 bits per heavy atom. The Morgan fingerprint density at radius 1 is 1.27 bits per heavy atom. The minimum absolute atomic E-state index is 0.0592. The molecule has 0 saturated carbocycles. The Hall–Kier alpha value is -0.830. The van der Waals surface area contributed by atoms with E-state index >= 15 is 0 Å². The number of allylic oxidation sites excluding steroid dienone is 1. The van der Waals surface area contributed by atoms with Gasteiger partial charge in [0.15, 0.2) is 0 Å². The van der Waals surface area contributed by atoms with Gasteiger partial charge in [-0.25, -0.2) is 0 Å². The summed E-state index contributed by atoms with van der Waals surface area (Å²) in [6.07, 6.45) is 4.14. The third kappa shape index (κ3) is 5.57. The molecular weight excluding hydrogens is 190 g/mol. The van der Waals surface area contributed by atoms with E-state index in [0.29, 0.717) is 13.1 Å². The van der Waals surface area contributed by atoms with Crippen LogP contribution in [-0.4, -0.2) is 19.1 Å². The normalized spacial score (nSPS) is 18.5. The fraction of sp³-hybridized carbons (Fsp3) is 0.750. The molecule has 0 amide bonds. The zero-order valence-electron chi connectivity index (χ0n) is 10.4. The van der Waals surface area contributed by atoms with E-state index < -0.39 is 0 Å². The molecule has 3 nitrogen and oxygen atoms in total. The van der Waals surface area contributed by atoms with E-state index in [1.165, 1.54) is 0 Å². The lowest BCUT2D eigenvalue weighted by molar-refractivity contribution is -0.131. The predicted molar refractivity (Wildman–Crippen MR) is 62.4 cm³/mol. The van der Waals surface area contributed by atoms with Crippen LogP contribution >= 0.6 is 0 Å². The molecule has 2 N–H and O–H groups in total. The summed E-state index contributed by atoms with van der Waals surface area (Å²) in [6, 6.07) is -0.0592. The molecule has 0 fully saturated rings. The van der Waals surface area contributed by atoms with Crippen molar-refractivity contribution in [2.45, 2.75) is 40.7 Å². The molecule has 15 heavy (non-hydrogen) atoms. The van der Waals surface area contributed by atoms with Crippen LogP contribution in [0.3, 0.4) is 0 Å². The first-order chi connectivity index (χ1) is 6.71. The van der Waals surface area contributed by atoms with Gasteiger partial charge >= 0.3 is 0 Å². The van der Waals surface area contributed by atoms with Crippen LogP contribution in [0.4, 0.5) is 0 Å². The van der Waals surface area contributed by atoms with E-state index in [4.69, 9.17) is 10.5 Å². The van der Waals surface area contributed by atoms with Crippen molar-refractivity contribution < 1.29 is 9.53 Å². The van der Waals surface area contributed by atoms with E-state index in [1.54, 1.807) is 0 Å². The Bertz CT molecular complexity index is 228. The summed E-state index contributed by atoms with van der Waals surface area (Å²) in [5.74, 6) is 0. The lowest BCUT2D eigenvalue weighted by Gasteiger charge is -2.30. The molecule has 0 radical (unpaired) electrons. The molecule has 3 heteroatoms. The van der Waals surface area contributed by atoms with Gasteiger partial charge in [0.2, 0.25) is 0 Å². The smallest absolute Gasteiger partial charge is 0.293 e. The third-order valence-electron chi connectivity index (χ3n) is 2.47. The lowest BCUT2D eigenvalue weighted by Crippen LogP contribution is -2.39. The maximum atomic E-state index is 10.2. The molecule has 88 valence electrons. The summed E-state index contributed by atoms with van der Waals surface area (Å²) in [7, 11) is 0. The lowest BCUT2D eigenvalue weighted by atomic mass is 9.81. The molecule has 0 aromatic carbocycles. The molecule has 0 rings (SSSR count). The van der Waals surface area contributed by atoms with Gasteiger partial charge in [-0.1, -0.05) is 39.8 Å². The Labute approximate surface area is 92.7 Å². The van der Waals surface area contributed by atoms with Crippen molar-refractivity contribution in [3.8, 4) is 0 Å². The molecule has 0 bridgehead atoms. The summed E-state index contributed by atoms with van der Waals surface area (Å²) >= 11 is 0. The third-order valence-corrected chi connectivity index (χ3v) is 2.47. The highest BCUT2D eigenvalue weighted by molar-refractivity contribution is 5.37. The Morgan fingerprint density at radius 2 is 1.80 bits per heavy atom. The van der Waals surface area contributed by atoms with Gasteiger partial charge < -0.3 is 10.5 Å². The van der Waals surface area contributed by atoms with Gasteiger partial charge in [0.25, 0.3) is 6.47 Å². The van der Waals surface area contributed by atoms with Crippen LogP contribution < -0.4 is 5.73 Å². The summed E-state index contributed by atoms with van der Waals surface area (Å²) in [4.78, 5) is 10.2. The summed E-state index contributed by atoms with van der Waals surface area (Å²) in [6.45, 7) is 11.0. The highest BCUT2D eigenvalue weighted by Gasteiger charge is 2.27. The fourth-order valence-corrected chi connectivity index (χ4v) is 0.985. The molecule has 2 atom stereocenters. The number of carbonyl (C=O) groups is 1. The van der Waals surface area contributed by atoms with E-state index in [1.807, 2.05) is 19.9 Å². The van der Waals surface area contributed by atoms with Crippen molar-refractivity contribution in [2.24, 2.45) is 16.6 Å². The van der Waals surface area contributed by atoms with Gasteiger partial charge in [-0.3, -0.25) is 4.79 Å². The van der Waals surface area contributed by atoms with Crippen LogP contribution in [0.1, 0.15) is 34.6 Å². The van der Waals surface area contributed by atoms with Crippen LogP contribution in [0.2, 0.25) is 0 Å². The monoisotopic (exact) mass is 213 g/mol. The minimum Gasteiger partial charge on any atom is -0.467 e. The zero-order valence-corrected chi connectivity index (χ0v) is 10.4. The van der Waals surface area contributed by atoms with E-state index in [0.717, 1.165) is 0 Å². The van der Waals surface area contributed by atoms with Crippen molar-refractivity contribution in [2.75, 3.05) is 6.61 Å². The molecule has 0 aliphatic rings. The SMILES string of the molecule is C[C@H](N)C(C)(/C=C/C(C)(C)C)COC=O. The molecule has 0 saturated heterocycles. The molecule has 0 spiro atoms. The zero-order chi connectivity index (χ0) is 12.1. The van der Waals surface area contributed by atoms with E-state index in [-0.39, 0.29) is 16.9 Å². The van der Waals surface area contributed by atoms with Crippen LogP contribution in [0.5, 0.6) is 0 Å². The first-order valence-electron chi connectivity index (χ1n) is 5.22. The van der Waals surface area contributed by atoms with Gasteiger partial charge in [0, 0.05) is 11.5 Å². The Balaban J connectivity index is 4.65. The van der Waals surface area contributed by atoms with Crippen LogP contribution in [-0.2, 0) is 9.53 Å². The second kappa shape index (κ2) is 5.31. The van der Waals surface area contributed by atoms with E-state index in [9.17, 15) is 4.79 Å². The average molecular weight is 213 g/mol. The number of ether oxygens (including phenoxy) is 1. The molecule has 0 aliphatic carbocycles. The highest BCUT2D eigenvalue weighted by Crippen LogP contribution is 2.26. The number of nitrogens with two attached hydrogens (primary N) is 1. The topological polar surface area (TPSA) is 52.3 Å². The molecule has 0 heterocycles. The van der Waals surface area contributed by atoms with Gasteiger partial charge in [0.1, 0.15) is 6.61 Å². The van der Waals surface area contributed by atoms with Crippen molar-refractivity contribution in [1.29, 1.82) is 0 Å². The molecule has 0 aromatic rings. The van der Waals surface area contributed by atoms with Crippen LogP contribution in [0.15, 0.2) is 12.2 Å².